The van der Waals surface area contributed by atoms with Crippen LogP contribution in [0.5, 0.6) is 0 Å². The van der Waals surface area contributed by atoms with Gasteiger partial charge >= 0.3 is 0 Å². The average Bonchev–Trinajstić information content (AvgIpc) is 2.62. The second-order valence-electron chi connectivity index (χ2n) is 6.87. The smallest absolute Gasteiger partial charge is 0.179 e. The molecule has 0 spiro atoms. The van der Waals surface area contributed by atoms with Gasteiger partial charge in [0.2, 0.25) is 0 Å². The quantitative estimate of drug-likeness (QED) is 0.473. The van der Waals surface area contributed by atoms with Crippen LogP contribution in [0.2, 0.25) is 0 Å². The zero-order chi connectivity index (χ0) is 18.9. The molecular formula is C25H30O. The molecule has 0 fully saturated rings. The van der Waals surface area contributed by atoms with Gasteiger partial charge in [-0.1, -0.05) is 75.2 Å². The predicted molar refractivity (Wildman–Crippen MR) is 113 cm³/mol. The van der Waals surface area contributed by atoms with Gasteiger partial charge in [-0.2, -0.15) is 0 Å². The fourth-order valence-corrected chi connectivity index (χ4v) is 3.36. The topological polar surface area (TPSA) is 17.1 Å². The van der Waals surface area contributed by atoms with Gasteiger partial charge in [0, 0.05) is 0 Å². The van der Waals surface area contributed by atoms with Crippen molar-refractivity contribution in [3.8, 4) is 0 Å². The summed E-state index contributed by atoms with van der Waals surface area (Å²) in [5.74, 6) is 0.0865. The van der Waals surface area contributed by atoms with Crippen molar-refractivity contribution in [2.24, 2.45) is 0 Å². The Bertz CT molecular complexity index is 741. The first-order valence-corrected chi connectivity index (χ1v) is 9.63. The second kappa shape index (κ2) is 9.91. The summed E-state index contributed by atoms with van der Waals surface area (Å²) < 4.78 is 0. The molecule has 0 atom stereocenters. The van der Waals surface area contributed by atoms with E-state index in [1.54, 1.807) is 0 Å². The Morgan fingerprint density at radius 2 is 1.12 bits per heavy atom. The number of hydrogen-bond donors (Lipinski definition) is 0. The molecule has 2 rings (SSSR count). The minimum atomic E-state index is 0.0865. The van der Waals surface area contributed by atoms with Gasteiger partial charge in [-0.15, -0.1) is 0 Å². The van der Waals surface area contributed by atoms with Gasteiger partial charge in [-0.3, -0.25) is 4.79 Å². The molecule has 2 aromatic rings. The molecule has 26 heavy (non-hydrogen) atoms. The van der Waals surface area contributed by atoms with Crippen LogP contribution in [0, 0.1) is 13.8 Å². The Kier molecular flexibility index (Phi) is 7.59. The third-order valence-electron chi connectivity index (χ3n) is 4.65. The highest BCUT2D eigenvalue weighted by atomic mass is 16.1. The van der Waals surface area contributed by atoms with E-state index in [9.17, 15) is 4.79 Å². The van der Waals surface area contributed by atoms with Crippen molar-refractivity contribution in [2.45, 2.75) is 53.4 Å². The van der Waals surface area contributed by atoms with Crippen molar-refractivity contribution in [1.82, 2.24) is 0 Å². The number of aryl methyl sites for hydroxylation is 2. The second-order valence-corrected chi connectivity index (χ2v) is 6.87. The molecule has 1 nitrogen and oxygen atoms in total. The van der Waals surface area contributed by atoms with Crippen LogP contribution in [0.15, 0.2) is 60.7 Å². The first-order valence-electron chi connectivity index (χ1n) is 9.63. The summed E-state index contributed by atoms with van der Waals surface area (Å²) in [5, 5.41) is 0. The lowest BCUT2D eigenvalue weighted by Gasteiger charge is -2.11. The van der Waals surface area contributed by atoms with Gasteiger partial charge in [0.15, 0.2) is 5.78 Å². The molecule has 0 saturated carbocycles. The third-order valence-corrected chi connectivity index (χ3v) is 4.65. The summed E-state index contributed by atoms with van der Waals surface area (Å²) in [4.78, 5) is 12.8. The zero-order valence-electron chi connectivity index (χ0n) is 16.5. The van der Waals surface area contributed by atoms with Crippen LogP contribution in [0.3, 0.4) is 0 Å². The molecule has 0 bridgehead atoms. The summed E-state index contributed by atoms with van der Waals surface area (Å²) in [6.45, 7) is 8.52. The van der Waals surface area contributed by atoms with Gasteiger partial charge < -0.3 is 0 Å². The summed E-state index contributed by atoms with van der Waals surface area (Å²) in [6.07, 6.45) is 7.54. The van der Waals surface area contributed by atoms with Gasteiger partial charge in [-0.25, -0.2) is 0 Å². The number of allylic oxidation sites excluding steroid dienone is 4. The van der Waals surface area contributed by atoms with Crippen molar-refractivity contribution in [1.29, 1.82) is 0 Å². The van der Waals surface area contributed by atoms with E-state index in [0.29, 0.717) is 0 Å². The standard InChI is InChI=1S/C25H30O/c1-5-11-21(24-15-9-7-13-19(24)3)17-23(26)18-22(12-6-2)25-16-10-8-14-20(25)4/h7-10,13-18H,5-6,11-12H2,1-4H3. The number of ketones is 1. The van der Waals surface area contributed by atoms with E-state index >= 15 is 0 Å². The number of hydrogen-bond acceptors (Lipinski definition) is 1. The Morgan fingerprint density at radius 3 is 1.46 bits per heavy atom. The molecule has 136 valence electrons. The average molecular weight is 347 g/mol. The van der Waals surface area contributed by atoms with Crippen molar-refractivity contribution >= 4 is 16.9 Å². The summed E-state index contributed by atoms with van der Waals surface area (Å²) >= 11 is 0. The first kappa shape index (κ1) is 19.9. The van der Waals surface area contributed by atoms with Gasteiger partial charge in [0.1, 0.15) is 0 Å². The van der Waals surface area contributed by atoms with Crippen molar-refractivity contribution in [3.05, 3.63) is 82.9 Å². The zero-order valence-corrected chi connectivity index (χ0v) is 16.5. The molecule has 0 aromatic heterocycles. The molecular weight excluding hydrogens is 316 g/mol. The molecule has 0 amide bonds. The molecule has 0 heterocycles. The highest BCUT2D eigenvalue weighted by Gasteiger charge is 2.09. The molecule has 0 aliphatic rings. The molecule has 0 aliphatic heterocycles. The van der Waals surface area contributed by atoms with E-state index in [2.05, 4.69) is 52.0 Å². The lowest BCUT2D eigenvalue weighted by atomic mass is 9.93. The third kappa shape index (κ3) is 5.29. The van der Waals surface area contributed by atoms with Crippen LogP contribution in [-0.2, 0) is 4.79 Å². The van der Waals surface area contributed by atoms with Gasteiger partial charge in [-0.05, 0) is 72.2 Å². The van der Waals surface area contributed by atoms with E-state index < -0.39 is 0 Å². The van der Waals surface area contributed by atoms with Crippen LogP contribution >= 0.6 is 0 Å². The minimum absolute atomic E-state index is 0.0865. The van der Waals surface area contributed by atoms with E-state index in [0.717, 1.165) is 36.8 Å². The van der Waals surface area contributed by atoms with E-state index in [1.165, 1.54) is 22.3 Å². The highest BCUT2D eigenvalue weighted by Crippen LogP contribution is 2.26. The van der Waals surface area contributed by atoms with Crippen molar-refractivity contribution in [2.75, 3.05) is 0 Å². The maximum absolute atomic E-state index is 12.8. The number of carbonyl (C=O) groups excluding carboxylic acids is 1. The molecule has 0 unspecified atom stereocenters. The van der Waals surface area contributed by atoms with Crippen LogP contribution in [0.4, 0.5) is 0 Å². The Labute approximate surface area is 158 Å². The minimum Gasteiger partial charge on any atom is -0.290 e. The number of carbonyl (C=O) groups is 1. The fourth-order valence-electron chi connectivity index (χ4n) is 3.36. The van der Waals surface area contributed by atoms with E-state index in [-0.39, 0.29) is 5.78 Å². The van der Waals surface area contributed by atoms with Crippen molar-refractivity contribution < 1.29 is 4.79 Å². The Balaban J connectivity index is 2.40. The Morgan fingerprint density at radius 1 is 0.731 bits per heavy atom. The normalized spacial score (nSPS) is 12.3. The Hall–Kier alpha value is -2.41. The monoisotopic (exact) mass is 346 g/mol. The maximum atomic E-state index is 12.8. The fraction of sp³-hybridized carbons (Fsp3) is 0.320. The van der Waals surface area contributed by atoms with Crippen LogP contribution in [-0.4, -0.2) is 5.78 Å². The van der Waals surface area contributed by atoms with Crippen molar-refractivity contribution in [3.63, 3.8) is 0 Å². The molecule has 0 N–H and O–H groups in total. The lowest BCUT2D eigenvalue weighted by Crippen LogP contribution is -1.97. The molecule has 1 heteroatoms. The summed E-state index contributed by atoms with van der Waals surface area (Å²) in [5.41, 5.74) is 7.07. The maximum Gasteiger partial charge on any atom is 0.179 e. The number of benzene rings is 2. The van der Waals surface area contributed by atoms with Crippen LogP contribution in [0.1, 0.15) is 61.8 Å². The molecule has 0 saturated heterocycles. The number of rotatable bonds is 8. The van der Waals surface area contributed by atoms with Gasteiger partial charge in [0.05, 0.1) is 0 Å². The molecule has 2 aromatic carbocycles. The van der Waals surface area contributed by atoms with Crippen LogP contribution < -0.4 is 0 Å². The highest BCUT2D eigenvalue weighted by molar-refractivity contribution is 6.08. The lowest BCUT2D eigenvalue weighted by molar-refractivity contribution is -0.110. The molecule has 0 aliphatic carbocycles. The summed E-state index contributed by atoms with van der Waals surface area (Å²) in [6, 6.07) is 16.6. The van der Waals surface area contributed by atoms with Gasteiger partial charge in [0.25, 0.3) is 0 Å². The van der Waals surface area contributed by atoms with E-state index in [1.807, 2.05) is 36.4 Å². The predicted octanol–water partition coefficient (Wildman–Crippen LogP) is 6.94. The summed E-state index contributed by atoms with van der Waals surface area (Å²) in [7, 11) is 0. The molecule has 0 radical (unpaired) electrons. The van der Waals surface area contributed by atoms with Crippen LogP contribution in [0.25, 0.3) is 11.1 Å². The largest absolute Gasteiger partial charge is 0.290 e. The first-order chi connectivity index (χ1) is 12.6. The SMILES string of the molecule is CCCC(=CC(=O)C=C(CCC)c1ccccc1C)c1ccccc1C. The van der Waals surface area contributed by atoms with E-state index in [4.69, 9.17) is 0 Å².